The fourth-order valence-electron chi connectivity index (χ4n) is 2.72. The summed E-state index contributed by atoms with van der Waals surface area (Å²) in [5.41, 5.74) is 5.61. The molecule has 1 amide bonds. The first-order valence-electron chi connectivity index (χ1n) is 8.32. The molecule has 2 heterocycles. The van der Waals surface area contributed by atoms with Crippen molar-refractivity contribution in [1.82, 2.24) is 4.98 Å². The molecule has 2 N–H and O–H groups in total. The van der Waals surface area contributed by atoms with Crippen LogP contribution in [0.1, 0.15) is 24.2 Å². The average Bonchev–Trinajstić information content (AvgIpc) is 2.96. The minimum atomic E-state index is -0.750. The summed E-state index contributed by atoms with van der Waals surface area (Å²) in [5.74, 6) is -2.05. The normalized spacial score (nSPS) is 18.2. The molecule has 7 nitrogen and oxygen atoms in total. The van der Waals surface area contributed by atoms with Crippen LogP contribution in [0.5, 0.6) is 0 Å². The van der Waals surface area contributed by atoms with Crippen molar-refractivity contribution in [2.45, 2.75) is 25.7 Å². The highest BCUT2D eigenvalue weighted by atomic mass is 127. The molecule has 1 fully saturated rings. The van der Waals surface area contributed by atoms with Crippen LogP contribution in [0.25, 0.3) is 0 Å². The first-order chi connectivity index (χ1) is 13.2. The van der Waals surface area contributed by atoms with Crippen molar-refractivity contribution < 1.29 is 23.5 Å². The number of carbonyl (C=O) groups is 1. The summed E-state index contributed by atoms with van der Waals surface area (Å²) in [7, 11) is 0. The van der Waals surface area contributed by atoms with Crippen molar-refractivity contribution in [2.24, 2.45) is 5.73 Å². The summed E-state index contributed by atoms with van der Waals surface area (Å²) in [6.07, 6.45) is 0.946. The van der Waals surface area contributed by atoms with E-state index in [0.717, 1.165) is 5.06 Å². The summed E-state index contributed by atoms with van der Waals surface area (Å²) in [6, 6.07) is 5.94. The number of pyridine rings is 1. The van der Waals surface area contributed by atoms with E-state index in [4.69, 9.17) is 31.6 Å². The monoisotopic (exact) mass is 521 g/mol. The Morgan fingerprint density at radius 3 is 2.86 bits per heavy atom. The smallest absolute Gasteiger partial charge is 0.251 e. The standard InChI is InChI=1S/C18H18ClFIN3O4/c1-18(2)26-8-11(28-18)9-27-24(14-4-3-10(21)7-13(14)20)15-12(17(22)25)5-6-23-16(15)19/h3-7,11H,8-9H2,1-2H3,(H2,22,25)/t11-/m1/s1. The van der Waals surface area contributed by atoms with Gasteiger partial charge in [-0.3, -0.25) is 9.63 Å². The fraction of sp³-hybridized carbons (Fsp3) is 0.333. The van der Waals surface area contributed by atoms with Crippen molar-refractivity contribution in [3.8, 4) is 0 Å². The third-order valence-corrected chi connectivity index (χ3v) is 4.88. The number of hydrogen-bond donors (Lipinski definition) is 1. The average molecular weight is 522 g/mol. The van der Waals surface area contributed by atoms with Gasteiger partial charge in [-0.25, -0.2) is 14.4 Å². The lowest BCUT2D eigenvalue weighted by molar-refractivity contribution is -0.145. The van der Waals surface area contributed by atoms with Crippen molar-refractivity contribution in [3.63, 3.8) is 0 Å². The molecule has 1 aromatic heterocycles. The van der Waals surface area contributed by atoms with Gasteiger partial charge in [0, 0.05) is 9.77 Å². The van der Waals surface area contributed by atoms with Crippen molar-refractivity contribution >= 4 is 51.5 Å². The lowest BCUT2D eigenvalue weighted by Gasteiger charge is -2.27. The molecule has 0 spiro atoms. The number of aromatic nitrogens is 1. The maximum Gasteiger partial charge on any atom is 0.251 e. The number of ether oxygens (including phenoxy) is 2. The van der Waals surface area contributed by atoms with Crippen LogP contribution in [0.15, 0.2) is 30.5 Å². The number of hydrogen-bond acceptors (Lipinski definition) is 6. The molecule has 0 radical (unpaired) electrons. The molecular weight excluding hydrogens is 504 g/mol. The van der Waals surface area contributed by atoms with Gasteiger partial charge in [-0.2, -0.15) is 0 Å². The molecule has 1 saturated heterocycles. The van der Waals surface area contributed by atoms with Gasteiger partial charge < -0.3 is 15.2 Å². The van der Waals surface area contributed by atoms with Gasteiger partial charge in [-0.05, 0) is 60.7 Å². The zero-order valence-corrected chi connectivity index (χ0v) is 18.0. The number of anilines is 2. The highest BCUT2D eigenvalue weighted by Crippen LogP contribution is 2.36. The molecule has 10 heteroatoms. The van der Waals surface area contributed by atoms with E-state index < -0.39 is 23.6 Å². The SMILES string of the molecule is CC1(C)OC[C@H](CON(c2ccc(I)cc2F)c2c(C(N)=O)ccnc2Cl)O1. The third kappa shape index (κ3) is 4.71. The van der Waals surface area contributed by atoms with E-state index in [2.05, 4.69) is 4.98 Å². The Morgan fingerprint density at radius 1 is 1.50 bits per heavy atom. The first kappa shape index (κ1) is 21.2. The van der Waals surface area contributed by atoms with Crippen LogP contribution in [0, 0.1) is 9.39 Å². The van der Waals surface area contributed by atoms with Gasteiger partial charge in [0.15, 0.2) is 10.9 Å². The number of rotatable bonds is 6. The van der Waals surface area contributed by atoms with Crippen molar-refractivity contribution in [3.05, 3.63) is 50.6 Å². The molecule has 28 heavy (non-hydrogen) atoms. The third-order valence-electron chi connectivity index (χ3n) is 3.93. The second-order valence-corrected chi connectivity index (χ2v) is 8.10. The van der Waals surface area contributed by atoms with Gasteiger partial charge in [0.05, 0.1) is 12.2 Å². The Hall–Kier alpha value is -1.53. The van der Waals surface area contributed by atoms with Gasteiger partial charge in [0.25, 0.3) is 5.91 Å². The summed E-state index contributed by atoms with van der Waals surface area (Å²) in [5, 5.41) is 1.06. The van der Waals surface area contributed by atoms with E-state index >= 15 is 0 Å². The summed E-state index contributed by atoms with van der Waals surface area (Å²) in [4.78, 5) is 21.7. The molecule has 1 aromatic carbocycles. The topological polar surface area (TPSA) is 86.9 Å². The van der Waals surface area contributed by atoms with Crippen LogP contribution in [0.2, 0.25) is 5.15 Å². The Bertz CT molecular complexity index is 899. The maximum atomic E-state index is 14.7. The lowest BCUT2D eigenvalue weighted by Crippen LogP contribution is -2.30. The largest absolute Gasteiger partial charge is 0.366 e. The summed E-state index contributed by atoms with van der Waals surface area (Å²) >= 11 is 8.21. The van der Waals surface area contributed by atoms with Gasteiger partial charge >= 0.3 is 0 Å². The second-order valence-electron chi connectivity index (χ2n) is 6.50. The van der Waals surface area contributed by atoms with Crippen LogP contribution in [0.4, 0.5) is 15.8 Å². The molecule has 0 bridgehead atoms. The maximum absolute atomic E-state index is 14.7. The molecule has 1 atom stereocenters. The number of benzene rings is 1. The Labute approximate surface area is 180 Å². The van der Waals surface area contributed by atoms with Crippen molar-refractivity contribution in [2.75, 3.05) is 18.3 Å². The molecule has 2 aromatic rings. The highest BCUT2D eigenvalue weighted by molar-refractivity contribution is 14.1. The number of carbonyl (C=O) groups excluding carboxylic acids is 1. The quantitative estimate of drug-likeness (QED) is 0.354. The molecule has 1 aliphatic rings. The van der Waals surface area contributed by atoms with Gasteiger partial charge in [0.1, 0.15) is 29.9 Å². The second kappa shape index (κ2) is 8.46. The van der Waals surface area contributed by atoms with E-state index in [1.807, 2.05) is 22.6 Å². The highest BCUT2D eigenvalue weighted by Gasteiger charge is 2.34. The van der Waals surface area contributed by atoms with E-state index in [9.17, 15) is 9.18 Å². The molecular formula is C18H18ClFIN3O4. The minimum absolute atomic E-state index is 0.0261. The number of primary amides is 1. The number of nitrogens with zero attached hydrogens (tertiary/aromatic N) is 2. The zero-order chi connectivity index (χ0) is 20.5. The fourth-order valence-corrected chi connectivity index (χ4v) is 3.41. The van der Waals surface area contributed by atoms with E-state index in [-0.39, 0.29) is 28.7 Å². The van der Waals surface area contributed by atoms with Gasteiger partial charge in [0.2, 0.25) is 0 Å². The van der Waals surface area contributed by atoms with Gasteiger partial charge in [-0.15, -0.1) is 0 Å². The van der Waals surface area contributed by atoms with Crippen LogP contribution >= 0.6 is 34.2 Å². The molecule has 1 aliphatic heterocycles. The number of halogens is 3. The van der Waals surface area contributed by atoms with E-state index in [1.165, 1.54) is 24.4 Å². The summed E-state index contributed by atoms with van der Waals surface area (Å²) < 4.78 is 26.6. The Balaban J connectivity index is 2.00. The minimum Gasteiger partial charge on any atom is -0.366 e. The molecule has 150 valence electrons. The number of amides is 1. The van der Waals surface area contributed by atoms with Crippen LogP contribution in [0.3, 0.4) is 0 Å². The van der Waals surface area contributed by atoms with E-state index in [0.29, 0.717) is 10.2 Å². The van der Waals surface area contributed by atoms with Crippen LogP contribution in [-0.4, -0.2) is 36.0 Å². The Kier molecular flexibility index (Phi) is 6.40. The lowest BCUT2D eigenvalue weighted by atomic mass is 10.2. The van der Waals surface area contributed by atoms with Crippen LogP contribution in [-0.2, 0) is 14.3 Å². The Morgan fingerprint density at radius 2 is 2.25 bits per heavy atom. The predicted molar refractivity (Wildman–Crippen MR) is 110 cm³/mol. The molecule has 0 unspecified atom stereocenters. The molecule has 0 aliphatic carbocycles. The zero-order valence-electron chi connectivity index (χ0n) is 15.1. The molecule has 3 rings (SSSR count). The molecule has 0 saturated carbocycles. The van der Waals surface area contributed by atoms with Crippen LogP contribution < -0.4 is 10.8 Å². The predicted octanol–water partition coefficient (Wildman–Crippen LogP) is 3.80. The first-order valence-corrected chi connectivity index (χ1v) is 9.78. The van der Waals surface area contributed by atoms with E-state index in [1.54, 1.807) is 19.9 Å². The van der Waals surface area contributed by atoms with Gasteiger partial charge in [-0.1, -0.05) is 11.6 Å². The number of nitrogens with two attached hydrogens (primary N) is 1. The van der Waals surface area contributed by atoms with Crippen molar-refractivity contribution in [1.29, 1.82) is 0 Å². The summed E-state index contributed by atoms with van der Waals surface area (Å²) in [6.45, 7) is 3.90.